The van der Waals surface area contributed by atoms with Gasteiger partial charge in [-0.05, 0) is 73.9 Å². The number of anilines is 2. The summed E-state index contributed by atoms with van der Waals surface area (Å²) in [4.78, 5) is 28.4. The maximum Gasteiger partial charge on any atom is 0.251 e. The van der Waals surface area contributed by atoms with Gasteiger partial charge in [0.05, 0.1) is 24.5 Å². The van der Waals surface area contributed by atoms with Gasteiger partial charge in [0.15, 0.2) is 0 Å². The van der Waals surface area contributed by atoms with E-state index in [4.69, 9.17) is 15.2 Å². The Hall–Kier alpha value is -3.76. The van der Waals surface area contributed by atoms with Gasteiger partial charge in [0.25, 0.3) is 5.91 Å². The van der Waals surface area contributed by atoms with E-state index in [2.05, 4.69) is 30.5 Å². The van der Waals surface area contributed by atoms with Gasteiger partial charge >= 0.3 is 0 Å². The number of methoxy groups -OCH3 is 1. The van der Waals surface area contributed by atoms with Crippen molar-refractivity contribution in [1.29, 1.82) is 0 Å². The Morgan fingerprint density at radius 3 is 2.88 bits per heavy atom. The number of hydrogen-bond donors (Lipinski definition) is 3. The number of nitrogens with zero attached hydrogens (tertiary/aromatic N) is 4. The number of nitrogens with one attached hydrogen (secondary N) is 2. The molecule has 1 saturated carbocycles. The summed E-state index contributed by atoms with van der Waals surface area (Å²) >= 11 is 0. The van der Waals surface area contributed by atoms with Crippen molar-refractivity contribution in [2.75, 3.05) is 57.6 Å². The van der Waals surface area contributed by atoms with Crippen molar-refractivity contribution in [2.45, 2.75) is 38.6 Å². The van der Waals surface area contributed by atoms with E-state index in [9.17, 15) is 4.79 Å². The molecule has 1 spiro atoms. The fourth-order valence-electron chi connectivity index (χ4n) is 6.58. The molecule has 0 bridgehead atoms. The lowest BCUT2D eigenvalue weighted by molar-refractivity contribution is -0.0165. The van der Waals surface area contributed by atoms with Gasteiger partial charge in [-0.25, -0.2) is 15.0 Å². The van der Waals surface area contributed by atoms with Crippen molar-refractivity contribution >= 4 is 17.7 Å². The van der Waals surface area contributed by atoms with Crippen LogP contribution in [0.1, 0.15) is 47.2 Å². The first-order valence-corrected chi connectivity index (χ1v) is 14.6. The first-order valence-electron chi connectivity index (χ1n) is 14.6. The van der Waals surface area contributed by atoms with Crippen LogP contribution in [-0.2, 0) is 17.7 Å². The first-order chi connectivity index (χ1) is 20.0. The molecule has 6 rings (SSSR count). The van der Waals surface area contributed by atoms with Crippen molar-refractivity contribution in [2.24, 2.45) is 11.3 Å². The predicted octanol–water partition coefficient (Wildman–Crippen LogP) is 3.54. The molecule has 3 aromatic rings. The summed E-state index contributed by atoms with van der Waals surface area (Å²) in [6, 6.07) is 9.59. The molecular formula is C31H39N7O3. The zero-order chi connectivity index (χ0) is 28.2. The summed E-state index contributed by atoms with van der Waals surface area (Å²) in [5.41, 5.74) is 10.5. The Morgan fingerprint density at radius 2 is 2.07 bits per heavy atom. The molecule has 1 saturated heterocycles. The molecule has 4 heterocycles. The summed E-state index contributed by atoms with van der Waals surface area (Å²) in [5.74, 6) is 2.34. The predicted molar refractivity (Wildman–Crippen MR) is 158 cm³/mol. The molecule has 2 aliphatic heterocycles. The third kappa shape index (κ3) is 6.13. The number of pyridine rings is 1. The van der Waals surface area contributed by atoms with Crippen LogP contribution in [-0.4, -0.2) is 72.3 Å². The van der Waals surface area contributed by atoms with E-state index < -0.39 is 0 Å². The van der Waals surface area contributed by atoms with Crippen molar-refractivity contribution in [1.82, 2.24) is 25.2 Å². The summed E-state index contributed by atoms with van der Waals surface area (Å²) < 4.78 is 11.2. The van der Waals surface area contributed by atoms with E-state index in [0.29, 0.717) is 35.7 Å². The van der Waals surface area contributed by atoms with Crippen LogP contribution in [0.3, 0.4) is 0 Å². The van der Waals surface area contributed by atoms with E-state index in [0.717, 1.165) is 67.5 Å². The molecule has 41 heavy (non-hydrogen) atoms. The molecule has 1 amide bonds. The smallest absolute Gasteiger partial charge is 0.251 e. The molecule has 0 radical (unpaired) electrons. The summed E-state index contributed by atoms with van der Waals surface area (Å²) in [7, 11) is 1.77. The lowest BCUT2D eigenvalue weighted by Crippen LogP contribution is -2.50. The largest absolute Gasteiger partial charge is 0.492 e. The molecule has 1 aromatic carbocycles. The number of rotatable bonds is 10. The minimum absolute atomic E-state index is 0.0110. The summed E-state index contributed by atoms with van der Waals surface area (Å²) in [6.07, 6.45) is 9.12. The third-order valence-corrected chi connectivity index (χ3v) is 8.85. The number of carbonyl (C=O) groups excluding carboxylic acids is 1. The molecule has 3 aliphatic rings. The van der Waals surface area contributed by atoms with Gasteiger partial charge in [-0.15, -0.1) is 0 Å². The van der Waals surface area contributed by atoms with Gasteiger partial charge < -0.3 is 30.7 Å². The van der Waals surface area contributed by atoms with Crippen molar-refractivity contribution in [3.05, 3.63) is 59.4 Å². The molecule has 10 heteroatoms. The van der Waals surface area contributed by atoms with E-state index in [1.54, 1.807) is 25.6 Å². The fourth-order valence-corrected chi connectivity index (χ4v) is 6.58. The highest BCUT2D eigenvalue weighted by Gasteiger charge is 2.45. The van der Waals surface area contributed by atoms with Crippen LogP contribution in [0.15, 0.2) is 42.7 Å². The van der Waals surface area contributed by atoms with Crippen LogP contribution >= 0.6 is 0 Å². The van der Waals surface area contributed by atoms with Gasteiger partial charge in [-0.2, -0.15) is 0 Å². The molecule has 0 atom stereocenters. The number of piperidine rings is 1. The van der Waals surface area contributed by atoms with Crippen LogP contribution in [0.25, 0.3) is 11.3 Å². The molecule has 0 unspecified atom stereocenters. The Balaban J connectivity index is 1.01. The van der Waals surface area contributed by atoms with Crippen molar-refractivity contribution in [3.63, 3.8) is 0 Å². The molecule has 216 valence electrons. The molecule has 10 nitrogen and oxygen atoms in total. The standard InChI is InChI=1S/C31H39N7O3/c1-40-14-12-38-10-7-31(8-11-38)16-22(17-31)19-36-29(39)23-4-2-3-21(15-23)18-34-28-24-6-13-41-27(24)25(20-35-28)26-5-9-33-30(32)37-26/h2-5,9,15,20,22H,6-8,10-14,16-19H2,1H3,(H,34,35)(H,36,39)(H2,32,33,37). The Labute approximate surface area is 241 Å². The van der Waals surface area contributed by atoms with Crippen LogP contribution in [0.2, 0.25) is 0 Å². The number of fused-ring (bicyclic) bond motifs is 1. The maximum absolute atomic E-state index is 13.0. The minimum Gasteiger partial charge on any atom is -0.492 e. The fraction of sp³-hybridized carbons (Fsp3) is 0.484. The van der Waals surface area contributed by atoms with Gasteiger partial charge in [0.2, 0.25) is 5.95 Å². The molecule has 2 fully saturated rings. The van der Waals surface area contributed by atoms with Gasteiger partial charge in [0.1, 0.15) is 11.6 Å². The van der Waals surface area contributed by atoms with Crippen molar-refractivity contribution in [3.8, 4) is 17.0 Å². The monoisotopic (exact) mass is 557 g/mol. The minimum atomic E-state index is -0.0110. The number of aromatic nitrogens is 3. The maximum atomic E-state index is 13.0. The van der Waals surface area contributed by atoms with Crippen molar-refractivity contribution < 1.29 is 14.3 Å². The zero-order valence-electron chi connectivity index (χ0n) is 23.7. The Bertz CT molecular complexity index is 1380. The number of benzene rings is 1. The number of nitrogens with two attached hydrogens (primary N) is 1. The number of nitrogen functional groups attached to an aromatic ring is 1. The second-order valence-corrected chi connectivity index (χ2v) is 11.6. The Kier molecular flexibility index (Phi) is 8.02. The van der Waals surface area contributed by atoms with E-state index >= 15 is 0 Å². The quantitative estimate of drug-likeness (QED) is 0.343. The van der Waals surface area contributed by atoms with Crippen LogP contribution < -0.4 is 21.1 Å². The Morgan fingerprint density at radius 1 is 1.22 bits per heavy atom. The van der Waals surface area contributed by atoms with Crippen LogP contribution in [0, 0.1) is 11.3 Å². The van der Waals surface area contributed by atoms with Gasteiger partial charge in [-0.3, -0.25) is 4.79 Å². The topological polar surface area (TPSA) is 128 Å². The number of carbonyl (C=O) groups is 1. The average Bonchev–Trinajstić information content (AvgIpc) is 3.48. The first kappa shape index (κ1) is 27.4. The van der Waals surface area contributed by atoms with E-state index in [1.807, 2.05) is 24.3 Å². The SMILES string of the molecule is COCCN1CCC2(CC1)CC(CNC(=O)c1cccc(CNc3ncc(-c4ccnc(N)n4)c4c3CCO4)c1)C2. The number of likely N-dealkylation sites (tertiary alicyclic amines) is 1. The lowest BCUT2D eigenvalue weighted by atomic mass is 9.57. The summed E-state index contributed by atoms with van der Waals surface area (Å²) in [6.45, 7) is 6.05. The normalized spacial score (nSPS) is 18.0. The van der Waals surface area contributed by atoms with Crippen LogP contribution in [0.5, 0.6) is 5.75 Å². The molecule has 4 N–H and O–H groups in total. The average molecular weight is 558 g/mol. The van der Waals surface area contributed by atoms with E-state index in [1.165, 1.54) is 25.7 Å². The molecule has 1 aliphatic carbocycles. The van der Waals surface area contributed by atoms with E-state index in [-0.39, 0.29) is 11.9 Å². The highest BCUT2D eigenvalue weighted by molar-refractivity contribution is 5.94. The summed E-state index contributed by atoms with van der Waals surface area (Å²) in [5, 5.41) is 6.63. The lowest BCUT2D eigenvalue weighted by Gasteiger charge is -2.52. The number of hydrogen-bond acceptors (Lipinski definition) is 9. The number of ether oxygens (including phenoxy) is 2. The second kappa shape index (κ2) is 12.0. The highest BCUT2D eigenvalue weighted by atomic mass is 16.5. The molecular weight excluding hydrogens is 518 g/mol. The third-order valence-electron chi connectivity index (χ3n) is 8.85. The van der Waals surface area contributed by atoms with Gasteiger partial charge in [-0.1, -0.05) is 12.1 Å². The number of amides is 1. The second-order valence-electron chi connectivity index (χ2n) is 11.6. The zero-order valence-corrected chi connectivity index (χ0v) is 23.7. The van der Waals surface area contributed by atoms with Crippen LogP contribution in [0.4, 0.5) is 11.8 Å². The highest BCUT2D eigenvalue weighted by Crippen LogP contribution is 2.52. The molecule has 2 aromatic heterocycles. The van der Waals surface area contributed by atoms with Gasteiger partial charge in [0, 0.05) is 56.7 Å².